The largest absolute Gasteiger partial charge is 0.496 e. The van der Waals surface area contributed by atoms with E-state index < -0.39 is 0 Å². The standard InChI is InChI=1S/C15H16Br2O/c1-4-6-10-9(2)14(17)13-11(15(10)18-3)7-5-8-12(13)16/h5,7-8,14H,2,4,6H2,1,3H3. The summed E-state index contributed by atoms with van der Waals surface area (Å²) in [6, 6.07) is 6.20. The summed E-state index contributed by atoms with van der Waals surface area (Å²) < 4.78 is 6.72. The van der Waals surface area contributed by atoms with Crippen LogP contribution < -0.4 is 0 Å². The van der Waals surface area contributed by atoms with Crippen molar-refractivity contribution >= 4 is 37.6 Å². The first-order valence-electron chi connectivity index (χ1n) is 6.01. The van der Waals surface area contributed by atoms with Crippen LogP contribution in [0, 0.1) is 0 Å². The molecule has 0 N–H and O–H groups in total. The van der Waals surface area contributed by atoms with Crippen molar-refractivity contribution in [2.24, 2.45) is 0 Å². The highest BCUT2D eigenvalue weighted by atomic mass is 79.9. The lowest BCUT2D eigenvalue weighted by molar-refractivity contribution is 0.364. The molecule has 1 aliphatic carbocycles. The van der Waals surface area contributed by atoms with E-state index in [0.29, 0.717) is 0 Å². The second-order valence-electron chi connectivity index (χ2n) is 4.35. The van der Waals surface area contributed by atoms with E-state index in [4.69, 9.17) is 4.74 Å². The fourth-order valence-corrected chi connectivity index (χ4v) is 4.06. The van der Waals surface area contributed by atoms with Gasteiger partial charge in [0.15, 0.2) is 0 Å². The summed E-state index contributed by atoms with van der Waals surface area (Å²) in [6.07, 6.45) is 2.08. The van der Waals surface area contributed by atoms with Crippen LogP contribution in [0.3, 0.4) is 0 Å². The second kappa shape index (κ2) is 5.62. The molecule has 3 heteroatoms. The van der Waals surface area contributed by atoms with Crippen LogP contribution in [0.5, 0.6) is 0 Å². The average molecular weight is 372 g/mol. The van der Waals surface area contributed by atoms with Crippen molar-refractivity contribution in [2.45, 2.75) is 24.6 Å². The molecule has 0 saturated carbocycles. The Morgan fingerprint density at radius 3 is 2.72 bits per heavy atom. The van der Waals surface area contributed by atoms with E-state index in [1.807, 2.05) is 6.07 Å². The molecule has 1 atom stereocenters. The first-order chi connectivity index (χ1) is 8.61. The Hall–Kier alpha value is -0.540. The Morgan fingerprint density at radius 1 is 1.39 bits per heavy atom. The lowest BCUT2D eigenvalue weighted by atomic mass is 9.85. The molecule has 96 valence electrons. The third kappa shape index (κ3) is 2.19. The highest BCUT2D eigenvalue weighted by Crippen LogP contribution is 2.48. The van der Waals surface area contributed by atoms with E-state index in [1.54, 1.807) is 7.11 Å². The molecule has 0 amide bonds. The molecule has 1 nitrogen and oxygen atoms in total. The summed E-state index contributed by atoms with van der Waals surface area (Å²) >= 11 is 7.37. The molecule has 1 aliphatic rings. The van der Waals surface area contributed by atoms with Gasteiger partial charge in [-0.1, -0.05) is 63.9 Å². The van der Waals surface area contributed by atoms with Gasteiger partial charge >= 0.3 is 0 Å². The van der Waals surface area contributed by atoms with Gasteiger partial charge in [0.2, 0.25) is 0 Å². The van der Waals surface area contributed by atoms with Gasteiger partial charge in [-0.25, -0.2) is 0 Å². The van der Waals surface area contributed by atoms with Gasteiger partial charge in [0, 0.05) is 10.0 Å². The first kappa shape index (κ1) is 13.9. The summed E-state index contributed by atoms with van der Waals surface area (Å²) in [5, 5.41) is 0. The van der Waals surface area contributed by atoms with Crippen LogP contribution in [0.15, 0.2) is 40.4 Å². The van der Waals surface area contributed by atoms with Crippen molar-refractivity contribution in [2.75, 3.05) is 7.11 Å². The van der Waals surface area contributed by atoms with Gasteiger partial charge in [0.25, 0.3) is 0 Å². The molecule has 0 bridgehead atoms. The van der Waals surface area contributed by atoms with E-state index in [1.165, 1.54) is 11.1 Å². The number of fused-ring (bicyclic) bond motifs is 1. The lowest BCUT2D eigenvalue weighted by Gasteiger charge is -2.29. The van der Waals surface area contributed by atoms with Gasteiger partial charge in [0.05, 0.1) is 11.9 Å². The minimum absolute atomic E-state index is 0.156. The molecule has 0 fully saturated rings. The molecule has 1 unspecified atom stereocenters. The number of alkyl halides is 1. The molecule has 18 heavy (non-hydrogen) atoms. The van der Waals surface area contributed by atoms with Crippen LogP contribution in [-0.2, 0) is 4.74 Å². The summed E-state index contributed by atoms with van der Waals surface area (Å²) in [7, 11) is 1.73. The average Bonchev–Trinajstić information content (AvgIpc) is 2.36. The van der Waals surface area contributed by atoms with Crippen LogP contribution in [0.25, 0.3) is 5.76 Å². The van der Waals surface area contributed by atoms with Gasteiger partial charge in [-0.05, 0) is 29.2 Å². The zero-order chi connectivity index (χ0) is 13.3. The molecular formula is C15H16Br2O. The number of ether oxygens (including phenoxy) is 1. The van der Waals surface area contributed by atoms with Crippen LogP contribution in [0.4, 0.5) is 0 Å². The number of methoxy groups -OCH3 is 1. The maximum atomic E-state index is 5.63. The Bertz CT molecular complexity index is 517. The zero-order valence-corrected chi connectivity index (χ0v) is 13.8. The molecule has 0 aliphatic heterocycles. The summed E-state index contributed by atoms with van der Waals surface area (Å²) in [4.78, 5) is 0.156. The molecule has 0 saturated heterocycles. The van der Waals surface area contributed by atoms with Crippen molar-refractivity contribution in [1.82, 2.24) is 0 Å². The van der Waals surface area contributed by atoms with Gasteiger partial charge in [-0.2, -0.15) is 0 Å². The third-order valence-corrected chi connectivity index (χ3v) is 4.92. The predicted octanol–water partition coefficient (Wildman–Crippen LogP) is 5.61. The highest BCUT2D eigenvalue weighted by molar-refractivity contribution is 9.11. The van der Waals surface area contributed by atoms with Crippen molar-refractivity contribution in [3.63, 3.8) is 0 Å². The Kier molecular flexibility index (Phi) is 4.33. The van der Waals surface area contributed by atoms with Gasteiger partial charge in [0.1, 0.15) is 5.76 Å². The van der Waals surface area contributed by atoms with Crippen LogP contribution in [0.2, 0.25) is 0 Å². The number of halogens is 2. The molecule has 0 aromatic heterocycles. The van der Waals surface area contributed by atoms with Crippen molar-refractivity contribution < 1.29 is 4.74 Å². The Labute approximate surface area is 125 Å². The maximum absolute atomic E-state index is 5.63. The van der Waals surface area contributed by atoms with Gasteiger partial charge in [-0.3, -0.25) is 0 Å². The monoisotopic (exact) mass is 370 g/mol. The number of allylic oxidation sites excluding steroid dienone is 2. The summed E-state index contributed by atoms with van der Waals surface area (Å²) in [5.74, 6) is 0.967. The number of benzene rings is 1. The smallest absolute Gasteiger partial charge is 0.129 e. The van der Waals surface area contributed by atoms with Crippen LogP contribution >= 0.6 is 31.9 Å². The van der Waals surface area contributed by atoms with Crippen molar-refractivity contribution in [3.05, 3.63) is 51.5 Å². The van der Waals surface area contributed by atoms with E-state index in [2.05, 4.69) is 57.5 Å². The lowest BCUT2D eigenvalue weighted by Crippen LogP contribution is -2.11. The highest BCUT2D eigenvalue weighted by Gasteiger charge is 2.30. The van der Waals surface area contributed by atoms with E-state index in [9.17, 15) is 0 Å². The van der Waals surface area contributed by atoms with E-state index in [-0.39, 0.29) is 4.83 Å². The molecule has 0 heterocycles. The minimum atomic E-state index is 0.156. The molecule has 0 radical (unpaired) electrons. The quantitative estimate of drug-likeness (QED) is 0.627. The maximum Gasteiger partial charge on any atom is 0.129 e. The SMILES string of the molecule is C=C1C(CCC)=C(OC)c2cccc(Br)c2C1Br. The fraction of sp³-hybridized carbons (Fsp3) is 0.333. The predicted molar refractivity (Wildman–Crippen MR) is 83.8 cm³/mol. The number of hydrogen-bond donors (Lipinski definition) is 0. The number of hydrogen-bond acceptors (Lipinski definition) is 1. The van der Waals surface area contributed by atoms with Crippen molar-refractivity contribution in [1.29, 1.82) is 0 Å². The Morgan fingerprint density at radius 2 is 2.11 bits per heavy atom. The summed E-state index contributed by atoms with van der Waals surface area (Å²) in [6.45, 7) is 6.40. The fourth-order valence-electron chi connectivity index (χ4n) is 2.39. The molecule has 1 aromatic rings. The first-order valence-corrected chi connectivity index (χ1v) is 7.71. The molecule has 0 spiro atoms. The number of rotatable bonds is 3. The van der Waals surface area contributed by atoms with Gasteiger partial charge < -0.3 is 4.74 Å². The van der Waals surface area contributed by atoms with Crippen LogP contribution in [-0.4, -0.2) is 7.11 Å². The molecular weight excluding hydrogens is 356 g/mol. The summed E-state index contributed by atoms with van der Waals surface area (Å²) in [5.41, 5.74) is 4.70. The normalized spacial score (nSPS) is 18.9. The van der Waals surface area contributed by atoms with Gasteiger partial charge in [-0.15, -0.1) is 0 Å². The Balaban J connectivity index is 2.69. The van der Waals surface area contributed by atoms with E-state index >= 15 is 0 Å². The topological polar surface area (TPSA) is 9.23 Å². The van der Waals surface area contributed by atoms with Crippen LogP contribution in [0.1, 0.15) is 35.7 Å². The zero-order valence-electron chi connectivity index (χ0n) is 10.6. The minimum Gasteiger partial charge on any atom is -0.496 e. The van der Waals surface area contributed by atoms with Crippen molar-refractivity contribution in [3.8, 4) is 0 Å². The third-order valence-electron chi connectivity index (χ3n) is 3.22. The second-order valence-corrected chi connectivity index (χ2v) is 6.12. The molecule has 1 aromatic carbocycles. The molecule has 2 rings (SSSR count). The van der Waals surface area contributed by atoms with E-state index in [0.717, 1.165) is 34.2 Å².